The predicted octanol–water partition coefficient (Wildman–Crippen LogP) is 3.19. The highest BCUT2D eigenvalue weighted by Crippen LogP contribution is 2.32. The molecule has 2 aliphatic rings. The van der Waals surface area contributed by atoms with Crippen molar-refractivity contribution in [3.63, 3.8) is 0 Å². The summed E-state index contributed by atoms with van der Waals surface area (Å²) in [6.45, 7) is 2.71. The van der Waals surface area contributed by atoms with E-state index in [9.17, 15) is 9.59 Å². The third kappa shape index (κ3) is 3.63. The van der Waals surface area contributed by atoms with E-state index in [2.05, 4.69) is 16.8 Å². The van der Waals surface area contributed by atoms with E-state index < -0.39 is 6.98 Å². The maximum absolute atomic E-state index is 12.2. The van der Waals surface area contributed by atoms with Gasteiger partial charge < -0.3 is 9.80 Å². The van der Waals surface area contributed by atoms with Gasteiger partial charge in [0, 0.05) is 66.2 Å². The summed E-state index contributed by atoms with van der Waals surface area (Å²) in [4.78, 5) is 31.0. The summed E-state index contributed by atoms with van der Waals surface area (Å²) >= 11 is 0. The maximum Gasteiger partial charge on any atom is 0.227 e. The number of likely N-dealkylation sites (tertiary alicyclic amines) is 1. The molecular formula is C24H25N3O2. The molecule has 3 heterocycles. The molecule has 2 aromatic rings. The normalized spacial score (nSPS) is 18.0. The Labute approximate surface area is 175 Å². The second-order valence-corrected chi connectivity index (χ2v) is 7.55. The molecule has 1 fully saturated rings. The summed E-state index contributed by atoms with van der Waals surface area (Å²) in [5.74, 6) is 6.43. The summed E-state index contributed by atoms with van der Waals surface area (Å²) in [6, 6.07) is 5.49. The van der Waals surface area contributed by atoms with Gasteiger partial charge in [0.2, 0.25) is 11.8 Å². The van der Waals surface area contributed by atoms with Gasteiger partial charge in [-0.2, -0.15) is 0 Å². The molecule has 2 amide bonds. The van der Waals surface area contributed by atoms with E-state index in [1.54, 1.807) is 18.5 Å². The number of hydrogen-bond donors (Lipinski definition) is 0. The van der Waals surface area contributed by atoms with Crippen molar-refractivity contribution in [2.75, 3.05) is 25.0 Å². The van der Waals surface area contributed by atoms with Gasteiger partial charge in [0.05, 0.1) is 5.92 Å². The minimum Gasteiger partial charge on any atom is -0.340 e. The zero-order valence-corrected chi connectivity index (χ0v) is 16.7. The lowest BCUT2D eigenvalue weighted by atomic mass is 9.93. The van der Waals surface area contributed by atoms with E-state index in [0.29, 0.717) is 31.6 Å². The smallest absolute Gasteiger partial charge is 0.227 e. The zero-order chi connectivity index (χ0) is 23.0. The van der Waals surface area contributed by atoms with Crippen molar-refractivity contribution in [3.05, 3.63) is 47.3 Å². The van der Waals surface area contributed by atoms with Crippen molar-refractivity contribution in [1.29, 1.82) is 0 Å². The van der Waals surface area contributed by atoms with Crippen LogP contribution in [0.2, 0.25) is 0 Å². The van der Waals surface area contributed by atoms with Gasteiger partial charge in [0.25, 0.3) is 0 Å². The number of fused-ring (bicyclic) bond motifs is 1. The summed E-state index contributed by atoms with van der Waals surface area (Å²) in [5, 5.41) is 0. The van der Waals surface area contributed by atoms with Crippen LogP contribution in [0.25, 0.3) is 11.1 Å². The van der Waals surface area contributed by atoms with E-state index in [1.165, 1.54) is 0 Å². The summed E-state index contributed by atoms with van der Waals surface area (Å²) < 4.78 is 23.1. The molecule has 0 bridgehead atoms. The number of nitrogens with zero attached hydrogens (tertiary/aromatic N) is 3. The molecule has 0 N–H and O–H groups in total. The topological polar surface area (TPSA) is 53.5 Å². The standard InChI is InChI=1S/C24H25N3O2/c1-4-23(28)27-14-17(15-27)5-6-20-12-25-13-21(16(20)2)18-7-9-22-19(11-18)8-10-24(29)26(22)3/h7,9,11-13,17H,4,8,10,14-15H2,1-3H3/i3D3. The van der Waals surface area contributed by atoms with Crippen LogP contribution in [-0.4, -0.2) is 41.8 Å². The highest BCUT2D eigenvalue weighted by molar-refractivity contribution is 5.96. The summed E-state index contributed by atoms with van der Waals surface area (Å²) in [6.07, 6.45) is 4.73. The van der Waals surface area contributed by atoms with Crippen molar-refractivity contribution in [2.45, 2.75) is 33.1 Å². The fourth-order valence-corrected chi connectivity index (χ4v) is 3.78. The number of benzene rings is 1. The van der Waals surface area contributed by atoms with Gasteiger partial charge in [-0.3, -0.25) is 14.6 Å². The van der Waals surface area contributed by atoms with Crippen molar-refractivity contribution in [2.24, 2.45) is 5.92 Å². The Balaban J connectivity index is 1.59. The fourth-order valence-electron chi connectivity index (χ4n) is 3.78. The van der Waals surface area contributed by atoms with E-state index in [4.69, 9.17) is 4.11 Å². The number of carbonyl (C=O) groups excluding carboxylic acids is 2. The van der Waals surface area contributed by atoms with Gasteiger partial charge in [0.1, 0.15) is 0 Å². The second-order valence-electron chi connectivity index (χ2n) is 7.55. The molecule has 148 valence electrons. The maximum atomic E-state index is 12.2. The highest BCUT2D eigenvalue weighted by atomic mass is 16.2. The first-order valence-electron chi connectivity index (χ1n) is 11.4. The molecule has 0 radical (unpaired) electrons. The van der Waals surface area contributed by atoms with Gasteiger partial charge in [-0.05, 0) is 42.2 Å². The van der Waals surface area contributed by atoms with Crippen LogP contribution in [0.1, 0.15) is 40.6 Å². The molecule has 2 aliphatic heterocycles. The Kier molecular flexibility index (Phi) is 4.19. The molecule has 5 nitrogen and oxygen atoms in total. The number of aromatic nitrogens is 1. The average molecular weight is 391 g/mol. The molecular weight excluding hydrogens is 362 g/mol. The largest absolute Gasteiger partial charge is 0.340 e. The Morgan fingerprint density at radius 3 is 2.90 bits per heavy atom. The average Bonchev–Trinajstić information content (AvgIpc) is 2.72. The first-order chi connectivity index (χ1) is 15.2. The van der Waals surface area contributed by atoms with E-state index in [1.807, 2.05) is 30.9 Å². The third-order valence-corrected chi connectivity index (χ3v) is 5.65. The molecule has 29 heavy (non-hydrogen) atoms. The van der Waals surface area contributed by atoms with Crippen molar-refractivity contribution in [3.8, 4) is 23.0 Å². The van der Waals surface area contributed by atoms with Crippen LogP contribution in [0.3, 0.4) is 0 Å². The van der Waals surface area contributed by atoms with Crippen molar-refractivity contribution >= 4 is 17.5 Å². The van der Waals surface area contributed by atoms with E-state index in [-0.39, 0.29) is 24.2 Å². The molecule has 0 aliphatic carbocycles. The number of carbonyl (C=O) groups is 2. The number of aryl methyl sites for hydroxylation is 1. The van der Waals surface area contributed by atoms with E-state index in [0.717, 1.165) is 32.7 Å². The molecule has 5 heteroatoms. The van der Waals surface area contributed by atoms with Gasteiger partial charge >= 0.3 is 0 Å². The number of anilines is 1. The number of pyridine rings is 1. The lowest BCUT2D eigenvalue weighted by molar-refractivity contribution is -0.135. The first-order valence-corrected chi connectivity index (χ1v) is 9.89. The third-order valence-electron chi connectivity index (χ3n) is 5.65. The Hall–Kier alpha value is -3.13. The van der Waals surface area contributed by atoms with Gasteiger partial charge in [-0.1, -0.05) is 24.8 Å². The SMILES string of the molecule is [2H]C([2H])([2H])N1C(=O)CCc2cc(-c3cncc(C#CC4CN(C(=O)CC)C4)c3C)ccc21. The van der Waals surface area contributed by atoms with Crippen LogP contribution in [0.5, 0.6) is 0 Å². The summed E-state index contributed by atoms with van der Waals surface area (Å²) in [7, 11) is 0. The number of rotatable bonds is 2. The van der Waals surface area contributed by atoms with Gasteiger partial charge in [-0.15, -0.1) is 0 Å². The molecule has 0 atom stereocenters. The Bertz CT molecular complexity index is 1140. The lowest BCUT2D eigenvalue weighted by Crippen LogP contribution is -2.49. The molecule has 0 unspecified atom stereocenters. The molecule has 4 rings (SSSR count). The minimum atomic E-state index is -2.50. The molecule has 1 aromatic heterocycles. The quantitative estimate of drug-likeness (QED) is 0.740. The Morgan fingerprint density at radius 2 is 2.14 bits per heavy atom. The highest BCUT2D eigenvalue weighted by Gasteiger charge is 2.28. The van der Waals surface area contributed by atoms with Crippen LogP contribution < -0.4 is 4.90 Å². The molecule has 0 saturated carbocycles. The monoisotopic (exact) mass is 390 g/mol. The van der Waals surface area contributed by atoms with Crippen molar-refractivity contribution < 1.29 is 13.7 Å². The van der Waals surface area contributed by atoms with Crippen molar-refractivity contribution in [1.82, 2.24) is 9.88 Å². The van der Waals surface area contributed by atoms with Crippen LogP contribution in [0, 0.1) is 24.7 Å². The number of hydrogen-bond acceptors (Lipinski definition) is 3. The molecule has 1 aromatic carbocycles. The zero-order valence-electron chi connectivity index (χ0n) is 19.7. The van der Waals surface area contributed by atoms with Crippen LogP contribution >= 0.6 is 0 Å². The number of amides is 2. The van der Waals surface area contributed by atoms with E-state index >= 15 is 0 Å². The Morgan fingerprint density at radius 1 is 1.31 bits per heavy atom. The predicted molar refractivity (Wildman–Crippen MR) is 113 cm³/mol. The van der Waals surface area contributed by atoms with Crippen LogP contribution in [0.15, 0.2) is 30.6 Å². The fraction of sp³-hybridized carbons (Fsp3) is 0.375. The first kappa shape index (κ1) is 15.8. The van der Waals surface area contributed by atoms with Gasteiger partial charge in [-0.25, -0.2) is 0 Å². The molecule has 1 saturated heterocycles. The lowest BCUT2D eigenvalue weighted by Gasteiger charge is -2.36. The van der Waals surface area contributed by atoms with Crippen LogP contribution in [0.4, 0.5) is 5.69 Å². The van der Waals surface area contributed by atoms with Crippen LogP contribution in [-0.2, 0) is 16.0 Å². The molecule has 0 spiro atoms. The minimum absolute atomic E-state index is 0.161. The second kappa shape index (κ2) is 7.71. The summed E-state index contributed by atoms with van der Waals surface area (Å²) in [5.41, 5.74) is 4.95. The van der Waals surface area contributed by atoms with Gasteiger partial charge in [0.15, 0.2) is 0 Å².